The molecule has 1 heterocycles. The molecule has 0 aliphatic carbocycles. The van der Waals surface area contributed by atoms with E-state index in [1.807, 2.05) is 0 Å². The lowest BCUT2D eigenvalue weighted by atomic mass is 9.75. The minimum Gasteiger partial charge on any atom is -0.407 e. The Morgan fingerprint density at radius 1 is 1.11 bits per heavy atom. The van der Waals surface area contributed by atoms with Crippen LogP contribution in [0.2, 0.25) is 0 Å². The molecule has 1 saturated heterocycles. The van der Waals surface area contributed by atoms with Crippen molar-refractivity contribution in [1.82, 2.24) is 0 Å². The van der Waals surface area contributed by atoms with E-state index in [2.05, 4.69) is 45.0 Å². The molecule has 2 nitrogen and oxygen atoms in total. The van der Waals surface area contributed by atoms with E-state index in [1.54, 1.807) is 0 Å². The van der Waals surface area contributed by atoms with Crippen LogP contribution in [0.3, 0.4) is 0 Å². The fourth-order valence-corrected chi connectivity index (χ4v) is 2.11. The molecule has 0 radical (unpaired) electrons. The second kappa shape index (κ2) is 5.90. The molecule has 1 aliphatic rings. The number of hydrogen-bond donors (Lipinski definition) is 0. The molecule has 1 fully saturated rings. The van der Waals surface area contributed by atoms with Crippen molar-refractivity contribution in [3.05, 3.63) is 29.8 Å². The molecule has 0 unspecified atom stereocenters. The van der Waals surface area contributed by atoms with E-state index < -0.39 is 0 Å². The van der Waals surface area contributed by atoms with Gasteiger partial charge in [-0.3, -0.25) is 0 Å². The van der Waals surface area contributed by atoms with E-state index in [-0.39, 0.29) is 12.5 Å². The molecule has 2 rings (SSSR count). The molecule has 1 aromatic rings. The number of rotatable bonds is 4. The van der Waals surface area contributed by atoms with Gasteiger partial charge in [0.1, 0.15) is 0 Å². The lowest BCUT2D eigenvalue weighted by Crippen LogP contribution is -2.47. The third-order valence-electron chi connectivity index (χ3n) is 3.32. The van der Waals surface area contributed by atoms with Crippen LogP contribution >= 0.6 is 0 Å². The van der Waals surface area contributed by atoms with Crippen molar-refractivity contribution in [3.8, 4) is 0 Å². The van der Waals surface area contributed by atoms with Gasteiger partial charge in [-0.15, -0.1) is 0 Å². The summed E-state index contributed by atoms with van der Waals surface area (Å²) in [4.78, 5) is 0. The molecule has 98 valence electrons. The summed E-state index contributed by atoms with van der Waals surface area (Å²) in [5.41, 5.74) is 2.67. The fourth-order valence-electron chi connectivity index (χ4n) is 2.11. The molecule has 0 bridgehead atoms. The Kier molecular flexibility index (Phi) is 4.47. The van der Waals surface area contributed by atoms with Crippen molar-refractivity contribution in [3.63, 3.8) is 0 Å². The second-order valence-corrected chi connectivity index (χ2v) is 5.96. The third kappa shape index (κ3) is 3.60. The Morgan fingerprint density at radius 3 is 2.28 bits per heavy atom. The van der Waals surface area contributed by atoms with Crippen LogP contribution < -0.4 is 5.46 Å². The van der Waals surface area contributed by atoms with Crippen molar-refractivity contribution in [1.29, 1.82) is 0 Å². The standard InChI is InChI=1S/C15H23BO2/c1-4-5-6-13-7-9-14(10-8-13)16-17-11-15(2,3)12-18-16/h7-10H,4-6,11-12H2,1-3H3. The van der Waals surface area contributed by atoms with Crippen LogP contribution in [0.4, 0.5) is 0 Å². The molecule has 18 heavy (non-hydrogen) atoms. The highest BCUT2D eigenvalue weighted by atomic mass is 16.6. The third-order valence-corrected chi connectivity index (χ3v) is 3.32. The Bertz CT molecular complexity index is 363. The summed E-state index contributed by atoms with van der Waals surface area (Å²) in [6.45, 7) is 8.07. The van der Waals surface area contributed by atoms with Gasteiger partial charge in [-0.25, -0.2) is 0 Å². The lowest BCUT2D eigenvalue weighted by molar-refractivity contribution is 0.0343. The van der Waals surface area contributed by atoms with Gasteiger partial charge in [0.15, 0.2) is 0 Å². The van der Waals surface area contributed by atoms with Crippen molar-refractivity contribution in [2.24, 2.45) is 5.41 Å². The van der Waals surface area contributed by atoms with Crippen molar-refractivity contribution < 1.29 is 9.31 Å². The molecule has 3 heteroatoms. The first-order chi connectivity index (χ1) is 8.61. The highest BCUT2D eigenvalue weighted by Crippen LogP contribution is 2.21. The van der Waals surface area contributed by atoms with Crippen molar-refractivity contribution in [2.45, 2.75) is 40.0 Å². The van der Waals surface area contributed by atoms with Gasteiger partial charge in [0.25, 0.3) is 0 Å². The predicted octanol–water partition coefficient (Wildman–Crippen LogP) is 2.80. The first-order valence-corrected chi connectivity index (χ1v) is 6.93. The van der Waals surface area contributed by atoms with Crippen molar-refractivity contribution >= 4 is 12.6 Å². The van der Waals surface area contributed by atoms with Gasteiger partial charge in [-0.1, -0.05) is 51.5 Å². The minimum absolute atomic E-state index is 0.136. The van der Waals surface area contributed by atoms with Gasteiger partial charge in [-0.2, -0.15) is 0 Å². The van der Waals surface area contributed by atoms with E-state index >= 15 is 0 Å². The Labute approximate surface area is 111 Å². The summed E-state index contributed by atoms with van der Waals surface area (Å²) in [6, 6.07) is 8.65. The molecule has 0 atom stereocenters. The maximum atomic E-state index is 5.78. The Morgan fingerprint density at radius 2 is 1.72 bits per heavy atom. The summed E-state index contributed by atoms with van der Waals surface area (Å²) in [5.74, 6) is 0. The van der Waals surface area contributed by atoms with Crippen LogP contribution in [0.5, 0.6) is 0 Å². The smallest absolute Gasteiger partial charge is 0.407 e. The fraction of sp³-hybridized carbons (Fsp3) is 0.600. The largest absolute Gasteiger partial charge is 0.493 e. The SMILES string of the molecule is CCCCc1ccc(B2OCC(C)(C)CO2)cc1. The molecule has 1 aliphatic heterocycles. The summed E-state index contributed by atoms with van der Waals surface area (Å²) >= 11 is 0. The van der Waals surface area contributed by atoms with E-state index in [1.165, 1.54) is 18.4 Å². The minimum atomic E-state index is -0.182. The molecule has 0 spiro atoms. The molecule has 0 aromatic heterocycles. The van der Waals surface area contributed by atoms with Gasteiger partial charge in [0.05, 0.1) is 0 Å². The molecule has 0 amide bonds. The van der Waals surface area contributed by atoms with Crippen LogP contribution in [-0.4, -0.2) is 20.3 Å². The number of benzene rings is 1. The maximum Gasteiger partial charge on any atom is 0.493 e. The molecule has 0 saturated carbocycles. The number of unbranched alkanes of at least 4 members (excludes halogenated alkanes) is 1. The first kappa shape index (κ1) is 13.6. The van der Waals surface area contributed by atoms with Crippen LogP contribution in [0.25, 0.3) is 0 Å². The first-order valence-electron chi connectivity index (χ1n) is 6.93. The zero-order chi connectivity index (χ0) is 13.0. The van der Waals surface area contributed by atoms with Crippen LogP contribution in [0.15, 0.2) is 24.3 Å². The Balaban J connectivity index is 1.94. The van der Waals surface area contributed by atoms with Gasteiger partial charge in [-0.05, 0) is 23.9 Å². The molecule has 0 N–H and O–H groups in total. The molecule has 1 aromatic carbocycles. The summed E-state index contributed by atoms with van der Waals surface area (Å²) in [7, 11) is -0.182. The van der Waals surface area contributed by atoms with E-state index in [0.717, 1.165) is 25.1 Å². The van der Waals surface area contributed by atoms with Gasteiger partial charge < -0.3 is 9.31 Å². The van der Waals surface area contributed by atoms with E-state index in [9.17, 15) is 0 Å². The second-order valence-electron chi connectivity index (χ2n) is 5.96. The summed E-state index contributed by atoms with van der Waals surface area (Å²) in [5, 5.41) is 0. The average molecular weight is 246 g/mol. The highest BCUT2D eigenvalue weighted by molar-refractivity contribution is 6.61. The highest BCUT2D eigenvalue weighted by Gasteiger charge is 2.33. The number of aryl methyl sites for hydroxylation is 1. The molecular weight excluding hydrogens is 223 g/mol. The quantitative estimate of drug-likeness (QED) is 0.760. The average Bonchev–Trinajstić information content (AvgIpc) is 2.37. The van der Waals surface area contributed by atoms with Crippen LogP contribution in [0, 0.1) is 5.41 Å². The van der Waals surface area contributed by atoms with Crippen LogP contribution in [-0.2, 0) is 15.7 Å². The maximum absolute atomic E-state index is 5.78. The van der Waals surface area contributed by atoms with E-state index in [0.29, 0.717) is 0 Å². The van der Waals surface area contributed by atoms with Gasteiger partial charge in [0, 0.05) is 18.6 Å². The summed E-state index contributed by atoms with van der Waals surface area (Å²) < 4.78 is 11.6. The van der Waals surface area contributed by atoms with Gasteiger partial charge in [0.2, 0.25) is 0 Å². The van der Waals surface area contributed by atoms with Crippen molar-refractivity contribution in [2.75, 3.05) is 13.2 Å². The van der Waals surface area contributed by atoms with Crippen LogP contribution in [0.1, 0.15) is 39.2 Å². The zero-order valence-corrected chi connectivity index (χ0v) is 11.7. The molecular formula is C15H23BO2. The van der Waals surface area contributed by atoms with Gasteiger partial charge >= 0.3 is 7.12 Å². The normalized spacial score (nSPS) is 18.9. The summed E-state index contributed by atoms with van der Waals surface area (Å²) in [6.07, 6.45) is 3.66. The lowest BCUT2D eigenvalue weighted by Gasteiger charge is -2.33. The predicted molar refractivity (Wildman–Crippen MR) is 76.1 cm³/mol. The Hall–Kier alpha value is -0.795. The monoisotopic (exact) mass is 246 g/mol. The van der Waals surface area contributed by atoms with E-state index in [4.69, 9.17) is 9.31 Å². The number of hydrogen-bond acceptors (Lipinski definition) is 2. The zero-order valence-electron chi connectivity index (χ0n) is 11.7. The topological polar surface area (TPSA) is 18.5 Å².